The molecule has 0 heterocycles. The average molecular weight is 253 g/mol. The zero-order valence-corrected chi connectivity index (χ0v) is 11.1. The quantitative estimate of drug-likeness (QED) is 0.690. The molecule has 0 fully saturated rings. The lowest BCUT2D eigenvalue weighted by Crippen LogP contribution is -2.38. The summed E-state index contributed by atoms with van der Waals surface area (Å²) in [6.45, 7) is 4.87. The Labute approximate surface area is 109 Å². The van der Waals surface area contributed by atoms with E-state index in [-0.39, 0.29) is 12.6 Å². The maximum Gasteiger partial charge on any atom is 0.119 e. The van der Waals surface area contributed by atoms with Crippen LogP contribution in [0.5, 0.6) is 5.75 Å². The Morgan fingerprint density at radius 1 is 1.28 bits per heavy atom. The van der Waals surface area contributed by atoms with Crippen LogP contribution in [0.2, 0.25) is 0 Å². The highest BCUT2D eigenvalue weighted by Gasteiger charge is 2.21. The molecule has 4 nitrogen and oxygen atoms in total. The molecule has 18 heavy (non-hydrogen) atoms. The van der Waals surface area contributed by atoms with Crippen molar-refractivity contribution in [2.75, 3.05) is 19.8 Å². The Balaban J connectivity index is 2.14. The molecule has 1 aromatic rings. The van der Waals surface area contributed by atoms with Crippen LogP contribution in [0.3, 0.4) is 0 Å². The van der Waals surface area contributed by atoms with Gasteiger partial charge in [0, 0.05) is 13.0 Å². The Kier molecular flexibility index (Phi) is 6.12. The van der Waals surface area contributed by atoms with Crippen LogP contribution in [-0.2, 0) is 4.74 Å². The Morgan fingerprint density at radius 3 is 2.56 bits per heavy atom. The second-order valence-corrected chi connectivity index (χ2v) is 4.75. The van der Waals surface area contributed by atoms with Crippen molar-refractivity contribution in [1.29, 1.82) is 0 Å². The first-order chi connectivity index (χ1) is 8.53. The minimum absolute atomic E-state index is 0.0390. The summed E-state index contributed by atoms with van der Waals surface area (Å²) in [4.78, 5) is 0. The van der Waals surface area contributed by atoms with Crippen LogP contribution in [0, 0.1) is 0 Å². The smallest absolute Gasteiger partial charge is 0.119 e. The summed E-state index contributed by atoms with van der Waals surface area (Å²) in [5, 5.41) is 9.79. The standard InChI is InChI=1S/C14H23NO3/c1-12(10-14(2,16)11-15)17-8-9-18-13-6-4-3-5-7-13/h3-7,12,16H,8-11,15H2,1-2H3. The van der Waals surface area contributed by atoms with Gasteiger partial charge in [0.05, 0.1) is 18.3 Å². The first-order valence-corrected chi connectivity index (χ1v) is 6.25. The molecule has 4 heteroatoms. The molecule has 0 aliphatic heterocycles. The molecule has 1 aromatic carbocycles. The van der Waals surface area contributed by atoms with E-state index < -0.39 is 5.60 Å². The van der Waals surface area contributed by atoms with Gasteiger partial charge in [-0.2, -0.15) is 0 Å². The van der Waals surface area contributed by atoms with Crippen LogP contribution in [0.15, 0.2) is 30.3 Å². The second kappa shape index (κ2) is 7.36. The number of aliphatic hydroxyl groups is 1. The third-order valence-corrected chi connectivity index (χ3v) is 2.66. The molecule has 0 bridgehead atoms. The van der Waals surface area contributed by atoms with Crippen molar-refractivity contribution in [2.24, 2.45) is 5.73 Å². The van der Waals surface area contributed by atoms with E-state index in [2.05, 4.69) is 0 Å². The third-order valence-electron chi connectivity index (χ3n) is 2.66. The minimum Gasteiger partial charge on any atom is -0.491 e. The van der Waals surface area contributed by atoms with Gasteiger partial charge < -0.3 is 20.3 Å². The molecule has 0 saturated heterocycles. The van der Waals surface area contributed by atoms with Gasteiger partial charge in [0.25, 0.3) is 0 Å². The fraction of sp³-hybridized carbons (Fsp3) is 0.571. The Bertz CT molecular complexity index is 327. The zero-order chi connectivity index (χ0) is 13.4. The van der Waals surface area contributed by atoms with E-state index in [9.17, 15) is 5.11 Å². The summed E-state index contributed by atoms with van der Waals surface area (Å²) >= 11 is 0. The SMILES string of the molecule is CC(CC(C)(O)CN)OCCOc1ccccc1. The normalized spacial score (nSPS) is 16.0. The van der Waals surface area contributed by atoms with Gasteiger partial charge in [-0.15, -0.1) is 0 Å². The number of rotatable bonds is 8. The lowest BCUT2D eigenvalue weighted by atomic mass is 10.00. The zero-order valence-electron chi connectivity index (χ0n) is 11.1. The highest BCUT2D eigenvalue weighted by Crippen LogP contribution is 2.13. The number of nitrogens with two attached hydrogens (primary N) is 1. The average Bonchev–Trinajstić information content (AvgIpc) is 2.35. The fourth-order valence-electron chi connectivity index (χ4n) is 1.69. The summed E-state index contributed by atoms with van der Waals surface area (Å²) in [6, 6.07) is 9.61. The maximum atomic E-state index is 9.79. The van der Waals surface area contributed by atoms with E-state index in [0.717, 1.165) is 5.75 Å². The summed E-state index contributed by atoms with van der Waals surface area (Å²) in [7, 11) is 0. The molecular formula is C14H23NO3. The largest absolute Gasteiger partial charge is 0.491 e. The van der Waals surface area contributed by atoms with Crippen molar-refractivity contribution in [3.63, 3.8) is 0 Å². The van der Waals surface area contributed by atoms with E-state index >= 15 is 0 Å². The molecule has 3 N–H and O–H groups in total. The van der Waals surface area contributed by atoms with Gasteiger partial charge in [-0.25, -0.2) is 0 Å². The van der Waals surface area contributed by atoms with Crippen molar-refractivity contribution < 1.29 is 14.6 Å². The molecule has 0 radical (unpaired) electrons. The van der Waals surface area contributed by atoms with Crippen LogP contribution < -0.4 is 10.5 Å². The fourth-order valence-corrected chi connectivity index (χ4v) is 1.69. The number of benzene rings is 1. The van der Waals surface area contributed by atoms with Gasteiger partial charge in [0.2, 0.25) is 0 Å². The minimum atomic E-state index is -0.861. The van der Waals surface area contributed by atoms with Crippen molar-refractivity contribution in [3.05, 3.63) is 30.3 Å². The van der Waals surface area contributed by atoms with Gasteiger partial charge in [0.1, 0.15) is 12.4 Å². The van der Waals surface area contributed by atoms with Crippen LogP contribution in [-0.4, -0.2) is 36.6 Å². The molecule has 1 rings (SSSR count). The van der Waals surface area contributed by atoms with Crippen LogP contribution >= 0.6 is 0 Å². The Hall–Kier alpha value is -1.10. The van der Waals surface area contributed by atoms with E-state index in [1.165, 1.54) is 0 Å². The van der Waals surface area contributed by atoms with Crippen molar-refractivity contribution in [2.45, 2.75) is 32.0 Å². The topological polar surface area (TPSA) is 64.7 Å². The maximum absolute atomic E-state index is 9.79. The molecular weight excluding hydrogens is 230 g/mol. The predicted octanol–water partition coefficient (Wildman–Crippen LogP) is 1.57. The van der Waals surface area contributed by atoms with E-state index in [1.807, 2.05) is 37.3 Å². The molecule has 0 aliphatic carbocycles. The lowest BCUT2D eigenvalue weighted by molar-refractivity contribution is -0.0240. The van der Waals surface area contributed by atoms with Gasteiger partial charge in [-0.1, -0.05) is 18.2 Å². The van der Waals surface area contributed by atoms with E-state index in [0.29, 0.717) is 19.6 Å². The summed E-state index contributed by atoms with van der Waals surface area (Å²) in [5.41, 5.74) is 4.59. The lowest BCUT2D eigenvalue weighted by Gasteiger charge is -2.25. The molecule has 2 atom stereocenters. The molecule has 0 saturated carbocycles. The Morgan fingerprint density at radius 2 is 1.94 bits per heavy atom. The molecule has 0 aliphatic rings. The number of hydrogen-bond acceptors (Lipinski definition) is 4. The summed E-state index contributed by atoms with van der Waals surface area (Å²) in [6.07, 6.45) is 0.484. The predicted molar refractivity (Wildman–Crippen MR) is 71.6 cm³/mol. The van der Waals surface area contributed by atoms with Crippen LogP contribution in [0.4, 0.5) is 0 Å². The van der Waals surface area contributed by atoms with E-state index in [4.69, 9.17) is 15.2 Å². The first kappa shape index (κ1) is 15.0. The summed E-state index contributed by atoms with van der Waals surface area (Å²) < 4.78 is 11.1. The van der Waals surface area contributed by atoms with Crippen LogP contribution in [0.25, 0.3) is 0 Å². The highest BCUT2D eigenvalue weighted by atomic mass is 16.5. The monoisotopic (exact) mass is 253 g/mol. The third kappa shape index (κ3) is 6.00. The van der Waals surface area contributed by atoms with Crippen molar-refractivity contribution >= 4 is 0 Å². The number of para-hydroxylation sites is 1. The first-order valence-electron chi connectivity index (χ1n) is 6.25. The number of ether oxygens (including phenoxy) is 2. The van der Waals surface area contributed by atoms with Gasteiger partial charge >= 0.3 is 0 Å². The highest BCUT2D eigenvalue weighted by molar-refractivity contribution is 5.20. The summed E-state index contributed by atoms with van der Waals surface area (Å²) in [5.74, 6) is 0.836. The molecule has 2 unspecified atom stereocenters. The molecule has 0 amide bonds. The molecule has 0 spiro atoms. The second-order valence-electron chi connectivity index (χ2n) is 4.75. The number of hydrogen-bond donors (Lipinski definition) is 2. The van der Waals surface area contributed by atoms with Gasteiger partial charge in [0.15, 0.2) is 0 Å². The van der Waals surface area contributed by atoms with Crippen molar-refractivity contribution in [1.82, 2.24) is 0 Å². The van der Waals surface area contributed by atoms with E-state index in [1.54, 1.807) is 6.92 Å². The van der Waals surface area contributed by atoms with Gasteiger partial charge in [-0.3, -0.25) is 0 Å². The molecule has 0 aromatic heterocycles. The van der Waals surface area contributed by atoms with Crippen molar-refractivity contribution in [3.8, 4) is 5.75 Å². The molecule has 102 valence electrons. The van der Waals surface area contributed by atoms with Crippen LogP contribution in [0.1, 0.15) is 20.3 Å². The van der Waals surface area contributed by atoms with Gasteiger partial charge in [-0.05, 0) is 26.0 Å².